The van der Waals surface area contributed by atoms with Crippen LogP contribution in [0.5, 0.6) is 5.88 Å². The van der Waals surface area contributed by atoms with Crippen molar-refractivity contribution in [2.45, 2.75) is 19.9 Å². The van der Waals surface area contributed by atoms with Crippen molar-refractivity contribution < 1.29 is 14.3 Å². The molecule has 1 N–H and O–H groups in total. The van der Waals surface area contributed by atoms with E-state index in [-0.39, 0.29) is 18.2 Å². The molecule has 3 rings (SSSR count). The van der Waals surface area contributed by atoms with Crippen molar-refractivity contribution in [3.8, 4) is 5.88 Å². The maximum absolute atomic E-state index is 12.2. The third kappa shape index (κ3) is 3.71. The van der Waals surface area contributed by atoms with Crippen LogP contribution in [0.4, 0.5) is 0 Å². The highest BCUT2D eigenvalue weighted by molar-refractivity contribution is 5.91. The third-order valence-electron chi connectivity index (χ3n) is 3.71. The minimum absolute atomic E-state index is 0.168. The van der Waals surface area contributed by atoms with Gasteiger partial charge in [-0.3, -0.25) is 4.57 Å². The van der Waals surface area contributed by atoms with Crippen LogP contribution in [0.1, 0.15) is 23.7 Å². The van der Waals surface area contributed by atoms with Gasteiger partial charge in [0.1, 0.15) is 5.56 Å². The molecule has 0 unspecified atom stereocenters. The lowest BCUT2D eigenvalue weighted by atomic mass is 10.3. The Morgan fingerprint density at radius 2 is 2.08 bits per heavy atom. The number of aryl methyl sites for hydroxylation is 1. The van der Waals surface area contributed by atoms with Gasteiger partial charge in [-0.2, -0.15) is 0 Å². The summed E-state index contributed by atoms with van der Waals surface area (Å²) in [6.07, 6.45) is 2.09. The predicted molar refractivity (Wildman–Crippen MR) is 92.9 cm³/mol. The van der Waals surface area contributed by atoms with E-state index in [0.717, 1.165) is 11.0 Å². The Kier molecular flexibility index (Phi) is 5.13. The highest BCUT2D eigenvalue weighted by Crippen LogP contribution is 2.15. The summed E-state index contributed by atoms with van der Waals surface area (Å²) in [5.74, 6) is -0.217. The van der Waals surface area contributed by atoms with Gasteiger partial charge in [0, 0.05) is 12.7 Å². The number of nitrogens with one attached hydrogen (secondary N) is 1. The second-order valence-corrected chi connectivity index (χ2v) is 5.38. The van der Waals surface area contributed by atoms with Gasteiger partial charge < -0.3 is 14.5 Å². The normalized spacial score (nSPS) is 10.8. The van der Waals surface area contributed by atoms with Crippen LogP contribution in [0.25, 0.3) is 11.0 Å². The maximum atomic E-state index is 12.2. The van der Waals surface area contributed by atoms with E-state index in [1.54, 1.807) is 22.9 Å². The lowest BCUT2D eigenvalue weighted by molar-refractivity contribution is 0.0490. The number of hydrogen-bond acceptors (Lipinski definition) is 5. The van der Waals surface area contributed by atoms with Crippen molar-refractivity contribution in [2.75, 3.05) is 13.2 Å². The van der Waals surface area contributed by atoms with E-state index >= 15 is 0 Å². The fourth-order valence-electron chi connectivity index (χ4n) is 2.59. The van der Waals surface area contributed by atoms with Crippen molar-refractivity contribution in [2.24, 2.45) is 0 Å². The molecule has 2 heterocycles. The van der Waals surface area contributed by atoms with Gasteiger partial charge in [0.05, 0.1) is 24.2 Å². The molecule has 0 aliphatic rings. The lowest BCUT2D eigenvalue weighted by Gasteiger charge is -2.09. The van der Waals surface area contributed by atoms with Crippen molar-refractivity contribution in [1.82, 2.24) is 14.5 Å². The number of H-pyrrole nitrogens is 1. The molecule has 1 aromatic carbocycles. The maximum Gasteiger partial charge on any atom is 0.343 e. The van der Waals surface area contributed by atoms with Gasteiger partial charge in [0.25, 0.3) is 0 Å². The zero-order valence-corrected chi connectivity index (χ0v) is 13.9. The van der Waals surface area contributed by atoms with Crippen molar-refractivity contribution in [3.05, 3.63) is 58.6 Å². The molecule has 0 spiro atoms. The first-order valence-corrected chi connectivity index (χ1v) is 8.13. The Balaban J connectivity index is 1.59. The molecule has 25 heavy (non-hydrogen) atoms. The zero-order chi connectivity index (χ0) is 17.6. The smallest absolute Gasteiger partial charge is 0.343 e. The highest BCUT2D eigenvalue weighted by atomic mass is 16.5. The SMILES string of the molecule is CCOc1ncccc1C(=O)OCCCn1c(=O)[nH]c2ccccc21. The topological polar surface area (TPSA) is 86.2 Å². The molecule has 0 amide bonds. The zero-order valence-electron chi connectivity index (χ0n) is 13.9. The molecule has 0 aliphatic carbocycles. The summed E-state index contributed by atoms with van der Waals surface area (Å²) < 4.78 is 12.2. The fraction of sp³-hybridized carbons (Fsp3) is 0.278. The Morgan fingerprint density at radius 3 is 2.92 bits per heavy atom. The summed E-state index contributed by atoms with van der Waals surface area (Å²) in [4.78, 5) is 31.0. The average Bonchev–Trinajstić information content (AvgIpc) is 2.94. The summed E-state index contributed by atoms with van der Waals surface area (Å²) >= 11 is 0. The quantitative estimate of drug-likeness (QED) is 0.527. The standard InChI is InChI=1S/C18H19N3O4/c1-2-24-16-13(7-5-10-19-16)17(22)25-12-6-11-21-15-9-4-3-8-14(15)20-18(21)23/h3-5,7-10H,2,6,11-12H2,1H3,(H,20,23). The number of pyridine rings is 1. The van der Waals surface area contributed by atoms with Crippen molar-refractivity contribution >= 4 is 17.0 Å². The number of ether oxygens (including phenoxy) is 2. The van der Waals surface area contributed by atoms with Gasteiger partial charge in [-0.05, 0) is 37.6 Å². The lowest BCUT2D eigenvalue weighted by Crippen LogP contribution is -2.18. The molecule has 7 nitrogen and oxygen atoms in total. The number of fused-ring (bicyclic) bond motifs is 1. The summed E-state index contributed by atoms with van der Waals surface area (Å²) in [5.41, 5.74) is 1.76. The number of carbonyl (C=O) groups excluding carboxylic acids is 1. The van der Waals surface area contributed by atoms with E-state index < -0.39 is 5.97 Å². The Hall–Kier alpha value is -3.09. The number of benzene rings is 1. The van der Waals surface area contributed by atoms with Crippen LogP contribution in [-0.2, 0) is 11.3 Å². The van der Waals surface area contributed by atoms with Gasteiger partial charge in [0.2, 0.25) is 5.88 Å². The summed E-state index contributed by atoms with van der Waals surface area (Å²) in [7, 11) is 0. The van der Waals surface area contributed by atoms with Gasteiger partial charge in [-0.1, -0.05) is 12.1 Å². The Morgan fingerprint density at radius 1 is 1.24 bits per heavy atom. The molecule has 0 aliphatic heterocycles. The van der Waals surface area contributed by atoms with Crippen LogP contribution in [0.15, 0.2) is 47.4 Å². The number of carbonyl (C=O) groups is 1. The Bertz CT molecular complexity index is 929. The largest absolute Gasteiger partial charge is 0.477 e. The molecule has 0 saturated carbocycles. The van der Waals surface area contributed by atoms with E-state index in [4.69, 9.17) is 9.47 Å². The molecule has 0 atom stereocenters. The monoisotopic (exact) mass is 341 g/mol. The van der Waals surface area contributed by atoms with Crippen LogP contribution in [0.3, 0.4) is 0 Å². The molecular weight excluding hydrogens is 322 g/mol. The number of para-hydroxylation sites is 2. The first kappa shape index (κ1) is 16.8. The summed E-state index contributed by atoms with van der Waals surface area (Å²) in [6.45, 7) is 2.90. The highest BCUT2D eigenvalue weighted by Gasteiger charge is 2.14. The number of aromatic amines is 1. The van der Waals surface area contributed by atoms with Crippen LogP contribution >= 0.6 is 0 Å². The second-order valence-electron chi connectivity index (χ2n) is 5.38. The van der Waals surface area contributed by atoms with Crippen LogP contribution in [0, 0.1) is 0 Å². The fourth-order valence-corrected chi connectivity index (χ4v) is 2.59. The molecule has 130 valence electrons. The molecule has 0 bridgehead atoms. The summed E-state index contributed by atoms with van der Waals surface area (Å²) in [5, 5.41) is 0. The van der Waals surface area contributed by atoms with E-state index in [1.807, 2.05) is 31.2 Å². The van der Waals surface area contributed by atoms with E-state index in [1.165, 1.54) is 0 Å². The van der Waals surface area contributed by atoms with Crippen LogP contribution < -0.4 is 10.4 Å². The Labute approximate surface area is 144 Å². The number of esters is 1. The number of nitrogens with zero attached hydrogens (tertiary/aromatic N) is 2. The van der Waals surface area contributed by atoms with Gasteiger partial charge in [0.15, 0.2) is 0 Å². The van der Waals surface area contributed by atoms with Gasteiger partial charge >= 0.3 is 11.7 Å². The number of hydrogen-bond donors (Lipinski definition) is 1. The first-order chi connectivity index (χ1) is 12.2. The number of imidazole rings is 1. The second kappa shape index (κ2) is 7.65. The van der Waals surface area contributed by atoms with E-state index in [9.17, 15) is 9.59 Å². The molecule has 0 fully saturated rings. The average molecular weight is 341 g/mol. The summed E-state index contributed by atoms with van der Waals surface area (Å²) in [6, 6.07) is 10.8. The van der Waals surface area contributed by atoms with Crippen LogP contribution in [0.2, 0.25) is 0 Å². The van der Waals surface area contributed by atoms with E-state index in [2.05, 4.69) is 9.97 Å². The molecule has 7 heteroatoms. The molecule has 0 radical (unpaired) electrons. The molecule has 2 aromatic heterocycles. The van der Waals surface area contributed by atoms with Gasteiger partial charge in [-0.15, -0.1) is 0 Å². The minimum atomic E-state index is -0.483. The number of rotatable bonds is 7. The van der Waals surface area contributed by atoms with Crippen molar-refractivity contribution in [1.29, 1.82) is 0 Å². The molecule has 3 aromatic rings. The van der Waals surface area contributed by atoms with E-state index in [0.29, 0.717) is 25.1 Å². The van der Waals surface area contributed by atoms with Gasteiger partial charge in [-0.25, -0.2) is 14.6 Å². The number of aromatic nitrogens is 3. The minimum Gasteiger partial charge on any atom is -0.477 e. The van der Waals surface area contributed by atoms with Crippen LogP contribution in [-0.4, -0.2) is 33.7 Å². The molecule has 0 saturated heterocycles. The third-order valence-corrected chi connectivity index (χ3v) is 3.71. The van der Waals surface area contributed by atoms with Crippen molar-refractivity contribution in [3.63, 3.8) is 0 Å². The first-order valence-electron chi connectivity index (χ1n) is 8.13. The molecular formula is C18H19N3O4. The predicted octanol–water partition coefficient (Wildman–Crippen LogP) is 2.37.